The van der Waals surface area contributed by atoms with Crippen molar-refractivity contribution in [2.24, 2.45) is 11.7 Å². The quantitative estimate of drug-likeness (QED) is 0.307. The van der Waals surface area contributed by atoms with E-state index >= 15 is 0 Å². The number of aromatic nitrogens is 5. The second kappa shape index (κ2) is 10.5. The number of nitrogens with two attached hydrogens (primary N) is 2. The fourth-order valence-corrected chi connectivity index (χ4v) is 6.32. The Kier molecular flexibility index (Phi) is 6.58. The number of fused-ring (bicyclic) bond motifs is 2. The number of nitrogen functional groups attached to an aromatic ring is 1. The Hall–Kier alpha value is -5.23. The molecular weight excluding hydrogens is 560 g/mol. The molecule has 1 fully saturated rings. The van der Waals surface area contributed by atoms with Crippen LogP contribution in [0.4, 0.5) is 5.82 Å². The van der Waals surface area contributed by atoms with Crippen molar-refractivity contribution in [1.82, 2.24) is 28.8 Å². The van der Waals surface area contributed by atoms with Gasteiger partial charge in [0.15, 0.2) is 0 Å². The summed E-state index contributed by atoms with van der Waals surface area (Å²) in [5.41, 5.74) is 15.9. The highest BCUT2D eigenvalue weighted by atomic mass is 16.5. The lowest BCUT2D eigenvalue weighted by atomic mass is 9.98. The summed E-state index contributed by atoms with van der Waals surface area (Å²) in [5, 5.41) is 0.743. The molecule has 3 aromatic heterocycles. The van der Waals surface area contributed by atoms with Crippen molar-refractivity contribution in [3.63, 3.8) is 0 Å². The summed E-state index contributed by atoms with van der Waals surface area (Å²) in [5.74, 6) is -0.344. The fourth-order valence-electron chi connectivity index (χ4n) is 6.32. The van der Waals surface area contributed by atoms with Crippen LogP contribution >= 0.6 is 0 Å². The van der Waals surface area contributed by atoms with Crippen LogP contribution < -0.4 is 17.0 Å². The Balaban J connectivity index is 1.26. The van der Waals surface area contributed by atoms with Gasteiger partial charge in [-0.3, -0.25) is 19.1 Å². The van der Waals surface area contributed by atoms with Gasteiger partial charge in [-0.05, 0) is 23.3 Å². The lowest BCUT2D eigenvalue weighted by molar-refractivity contribution is -0.140. The molecule has 4 N–H and O–H groups in total. The molecule has 2 aliphatic rings. The molecule has 12 heteroatoms. The monoisotopic (exact) mass is 592 g/mol. The molecule has 0 bridgehead atoms. The maximum Gasteiger partial charge on any atom is 0.284 e. The molecule has 12 nitrogen and oxygen atoms in total. The molecular formula is C32H32N8O4. The van der Waals surface area contributed by atoms with Crippen molar-refractivity contribution in [3.05, 3.63) is 94.3 Å². The SMILES string of the molecule is CC(C)C(=O)N1CC(n2cc(-c3ccc(C4OCCn5c4c(C(N)=O)c(=O)n5-c4ccccc4)cc3)c3c(N)ncnc32)C1. The molecule has 5 heterocycles. The number of carbonyl (C=O) groups is 2. The van der Waals surface area contributed by atoms with Crippen LogP contribution in [-0.2, 0) is 16.1 Å². The predicted octanol–water partition coefficient (Wildman–Crippen LogP) is 2.89. The zero-order chi connectivity index (χ0) is 30.7. The molecule has 0 spiro atoms. The molecule has 0 aliphatic carbocycles. The Morgan fingerprint density at radius 2 is 1.75 bits per heavy atom. The third-order valence-electron chi connectivity index (χ3n) is 8.49. The predicted molar refractivity (Wildman–Crippen MR) is 164 cm³/mol. The van der Waals surface area contributed by atoms with Crippen molar-refractivity contribution in [2.75, 3.05) is 25.4 Å². The number of primary amides is 1. The average Bonchev–Trinajstić information content (AvgIpc) is 3.53. The molecule has 1 unspecified atom stereocenters. The number of ether oxygens (including phenoxy) is 1. The molecule has 5 aromatic rings. The highest BCUT2D eigenvalue weighted by molar-refractivity contribution is 6.01. The van der Waals surface area contributed by atoms with E-state index in [9.17, 15) is 14.4 Å². The largest absolute Gasteiger partial charge is 0.383 e. The van der Waals surface area contributed by atoms with Crippen LogP contribution in [0.2, 0.25) is 0 Å². The van der Waals surface area contributed by atoms with Crippen LogP contribution in [0.5, 0.6) is 0 Å². The molecule has 0 radical (unpaired) electrons. The third kappa shape index (κ3) is 4.29. The first kappa shape index (κ1) is 27.6. The van der Waals surface area contributed by atoms with Crippen molar-refractivity contribution in [2.45, 2.75) is 32.5 Å². The summed E-state index contributed by atoms with van der Waals surface area (Å²) >= 11 is 0. The second-order valence-corrected chi connectivity index (χ2v) is 11.5. The fraction of sp³-hybridized carbons (Fsp3) is 0.281. The van der Waals surface area contributed by atoms with Gasteiger partial charge in [-0.15, -0.1) is 0 Å². The van der Waals surface area contributed by atoms with Crippen LogP contribution in [0.25, 0.3) is 27.8 Å². The Labute approximate surface area is 252 Å². The number of rotatable bonds is 6. The number of hydrogen-bond acceptors (Lipinski definition) is 7. The Morgan fingerprint density at radius 1 is 1.02 bits per heavy atom. The average molecular weight is 593 g/mol. The van der Waals surface area contributed by atoms with E-state index in [4.69, 9.17) is 16.2 Å². The molecule has 2 aliphatic heterocycles. The van der Waals surface area contributed by atoms with Gasteiger partial charge in [0, 0.05) is 30.8 Å². The van der Waals surface area contributed by atoms with E-state index in [1.54, 1.807) is 4.68 Å². The molecule has 1 saturated heterocycles. The zero-order valence-corrected chi connectivity index (χ0v) is 24.4. The maximum absolute atomic E-state index is 13.5. The molecule has 44 heavy (non-hydrogen) atoms. The number of amides is 2. The summed E-state index contributed by atoms with van der Waals surface area (Å²) in [6.07, 6.45) is 2.80. The normalized spacial score (nSPS) is 16.7. The summed E-state index contributed by atoms with van der Waals surface area (Å²) < 4.78 is 11.5. The minimum atomic E-state index is -0.798. The van der Waals surface area contributed by atoms with Crippen molar-refractivity contribution in [3.8, 4) is 16.8 Å². The van der Waals surface area contributed by atoms with Gasteiger partial charge < -0.3 is 25.7 Å². The van der Waals surface area contributed by atoms with Crippen LogP contribution in [0.3, 0.4) is 0 Å². The number of likely N-dealkylation sites (tertiary alicyclic amines) is 1. The van der Waals surface area contributed by atoms with Crippen molar-refractivity contribution in [1.29, 1.82) is 0 Å². The molecule has 1 atom stereocenters. The highest BCUT2D eigenvalue weighted by Gasteiger charge is 2.36. The minimum absolute atomic E-state index is 0.0526. The number of hydrogen-bond donors (Lipinski definition) is 2. The van der Waals surface area contributed by atoms with Gasteiger partial charge in [0.25, 0.3) is 11.5 Å². The van der Waals surface area contributed by atoms with Gasteiger partial charge in [-0.1, -0.05) is 56.3 Å². The Bertz CT molecular complexity index is 1970. The summed E-state index contributed by atoms with van der Waals surface area (Å²) in [4.78, 5) is 49.2. The van der Waals surface area contributed by atoms with Crippen LogP contribution in [-0.4, -0.2) is 60.3 Å². The number of carbonyl (C=O) groups excluding carboxylic acids is 2. The van der Waals surface area contributed by atoms with E-state index in [1.807, 2.05) is 79.5 Å². The van der Waals surface area contributed by atoms with E-state index in [-0.39, 0.29) is 23.4 Å². The van der Waals surface area contributed by atoms with E-state index in [0.717, 1.165) is 22.1 Å². The van der Waals surface area contributed by atoms with E-state index < -0.39 is 17.6 Å². The van der Waals surface area contributed by atoms with Crippen molar-refractivity contribution >= 4 is 28.7 Å². The first-order chi connectivity index (χ1) is 21.2. The minimum Gasteiger partial charge on any atom is -0.383 e. The third-order valence-corrected chi connectivity index (χ3v) is 8.49. The Morgan fingerprint density at radius 3 is 2.43 bits per heavy atom. The summed E-state index contributed by atoms with van der Waals surface area (Å²) in [6, 6.07) is 17.0. The van der Waals surface area contributed by atoms with Crippen LogP contribution in [0.1, 0.15) is 47.6 Å². The van der Waals surface area contributed by atoms with Crippen LogP contribution in [0, 0.1) is 5.92 Å². The summed E-state index contributed by atoms with van der Waals surface area (Å²) in [7, 11) is 0. The number of anilines is 1. The molecule has 2 aromatic carbocycles. The number of para-hydroxylation sites is 1. The van der Waals surface area contributed by atoms with E-state index in [0.29, 0.717) is 49.1 Å². The molecule has 2 amide bonds. The van der Waals surface area contributed by atoms with E-state index in [1.165, 1.54) is 11.0 Å². The molecule has 0 saturated carbocycles. The van der Waals surface area contributed by atoms with Gasteiger partial charge in [0.2, 0.25) is 5.91 Å². The topological polar surface area (TPSA) is 156 Å². The first-order valence-corrected chi connectivity index (χ1v) is 14.6. The number of benzene rings is 2. The van der Waals surface area contributed by atoms with E-state index in [2.05, 4.69) is 14.5 Å². The lowest BCUT2D eigenvalue weighted by Gasteiger charge is -2.41. The number of nitrogens with zero attached hydrogens (tertiary/aromatic N) is 6. The summed E-state index contributed by atoms with van der Waals surface area (Å²) in [6.45, 7) is 5.76. The van der Waals surface area contributed by atoms with Gasteiger partial charge in [-0.25, -0.2) is 14.6 Å². The molecule has 7 rings (SSSR count). The highest BCUT2D eigenvalue weighted by Crippen LogP contribution is 2.38. The van der Waals surface area contributed by atoms with Gasteiger partial charge in [-0.2, -0.15) is 0 Å². The van der Waals surface area contributed by atoms with Gasteiger partial charge in [0.05, 0.1) is 36.0 Å². The van der Waals surface area contributed by atoms with Crippen molar-refractivity contribution < 1.29 is 14.3 Å². The maximum atomic E-state index is 13.5. The molecule has 224 valence electrons. The first-order valence-electron chi connectivity index (χ1n) is 14.6. The van der Waals surface area contributed by atoms with Gasteiger partial charge >= 0.3 is 0 Å². The van der Waals surface area contributed by atoms with Crippen LogP contribution in [0.15, 0.2) is 71.9 Å². The zero-order valence-electron chi connectivity index (χ0n) is 24.4. The van der Waals surface area contributed by atoms with Gasteiger partial charge in [0.1, 0.15) is 29.5 Å². The second-order valence-electron chi connectivity index (χ2n) is 11.5. The lowest BCUT2D eigenvalue weighted by Crippen LogP contribution is -2.51. The smallest absolute Gasteiger partial charge is 0.284 e. The standard InChI is InChI=1S/C32H32N8O4/c1-18(2)31(42)37-14-22(15-37)38-16-23(24-28(33)35-17-36-30(24)38)19-8-10-20(11-9-19)27-26-25(29(34)41)32(43)40(39(26)12-13-44-27)21-6-4-3-5-7-21/h3-11,16-18,22,27H,12-15H2,1-2H3,(H2,34,41)(H2,33,35,36).